The monoisotopic (exact) mass is 309 g/mol. The molecule has 2 aromatic rings. The number of halogens is 2. The van der Waals surface area contributed by atoms with Crippen molar-refractivity contribution in [3.63, 3.8) is 0 Å². The normalized spacial score (nSPS) is 10.2. The van der Waals surface area contributed by atoms with E-state index in [1.54, 1.807) is 36.4 Å². The maximum absolute atomic E-state index is 12.0. The first-order valence-corrected chi connectivity index (χ1v) is 6.85. The minimum Gasteiger partial charge on any atom is -0.494 e. The first-order valence-electron chi connectivity index (χ1n) is 6.09. The van der Waals surface area contributed by atoms with Crippen LogP contribution in [0.15, 0.2) is 42.5 Å². The smallest absolute Gasteiger partial charge is 0.255 e. The molecule has 2 aromatic carbocycles. The third kappa shape index (κ3) is 3.65. The Kier molecular flexibility index (Phi) is 4.88. The first-order chi connectivity index (χ1) is 9.60. The van der Waals surface area contributed by atoms with Crippen molar-refractivity contribution < 1.29 is 9.53 Å². The lowest BCUT2D eigenvalue weighted by Gasteiger charge is -2.07. The number of rotatable bonds is 4. The van der Waals surface area contributed by atoms with Crippen LogP contribution in [-0.4, -0.2) is 12.5 Å². The average Bonchev–Trinajstić information content (AvgIpc) is 2.44. The molecule has 0 atom stereocenters. The van der Waals surface area contributed by atoms with Gasteiger partial charge in [0.05, 0.1) is 16.7 Å². The molecule has 0 bridgehead atoms. The number of ether oxygens (including phenoxy) is 1. The molecule has 0 aromatic heterocycles. The number of carbonyl (C=O) groups excluding carboxylic acids is 1. The molecule has 1 N–H and O–H groups in total. The van der Waals surface area contributed by atoms with Crippen LogP contribution in [-0.2, 0) is 0 Å². The van der Waals surface area contributed by atoms with E-state index >= 15 is 0 Å². The second-order valence-corrected chi connectivity index (χ2v) is 4.85. The average molecular weight is 310 g/mol. The number of carbonyl (C=O) groups is 1. The standard InChI is InChI=1S/C15H13Cl2NO2/c1-2-20-12-6-4-11(5-7-12)18-15(19)10-3-8-13(16)14(17)9-10/h3-9H,2H2,1H3,(H,18,19). The molecule has 2 rings (SSSR count). The van der Waals surface area contributed by atoms with Gasteiger partial charge in [-0.25, -0.2) is 0 Å². The van der Waals surface area contributed by atoms with E-state index in [1.165, 1.54) is 6.07 Å². The van der Waals surface area contributed by atoms with E-state index in [0.717, 1.165) is 5.75 Å². The Hall–Kier alpha value is -1.71. The van der Waals surface area contributed by atoms with Crippen LogP contribution in [0.2, 0.25) is 10.0 Å². The highest BCUT2D eigenvalue weighted by molar-refractivity contribution is 6.42. The van der Waals surface area contributed by atoms with Gasteiger partial charge in [-0.1, -0.05) is 23.2 Å². The molecule has 0 heterocycles. The zero-order valence-electron chi connectivity index (χ0n) is 10.8. The van der Waals surface area contributed by atoms with Gasteiger partial charge in [-0.05, 0) is 49.4 Å². The van der Waals surface area contributed by atoms with Crippen molar-refractivity contribution in [1.29, 1.82) is 0 Å². The third-order valence-electron chi connectivity index (χ3n) is 2.60. The molecule has 0 aliphatic rings. The fourth-order valence-corrected chi connectivity index (χ4v) is 1.94. The summed E-state index contributed by atoms with van der Waals surface area (Å²) in [6.45, 7) is 2.52. The van der Waals surface area contributed by atoms with Crippen molar-refractivity contribution in [3.8, 4) is 5.75 Å². The Morgan fingerprint density at radius 3 is 2.40 bits per heavy atom. The third-order valence-corrected chi connectivity index (χ3v) is 3.34. The Balaban J connectivity index is 2.08. The van der Waals surface area contributed by atoms with Crippen molar-refractivity contribution in [2.24, 2.45) is 0 Å². The van der Waals surface area contributed by atoms with Crippen molar-refractivity contribution >= 4 is 34.8 Å². The highest BCUT2D eigenvalue weighted by atomic mass is 35.5. The summed E-state index contributed by atoms with van der Waals surface area (Å²) in [5.41, 5.74) is 1.14. The highest BCUT2D eigenvalue weighted by Crippen LogP contribution is 2.23. The fourth-order valence-electron chi connectivity index (χ4n) is 1.64. The van der Waals surface area contributed by atoms with Crippen LogP contribution in [0.5, 0.6) is 5.75 Å². The van der Waals surface area contributed by atoms with Crippen LogP contribution in [0.4, 0.5) is 5.69 Å². The minimum atomic E-state index is -0.243. The summed E-state index contributed by atoms with van der Waals surface area (Å²) in [4.78, 5) is 12.0. The number of nitrogens with one attached hydrogen (secondary N) is 1. The Morgan fingerprint density at radius 2 is 1.80 bits per heavy atom. The van der Waals surface area contributed by atoms with Gasteiger partial charge in [-0.3, -0.25) is 4.79 Å². The fraction of sp³-hybridized carbons (Fsp3) is 0.133. The van der Waals surface area contributed by atoms with E-state index in [-0.39, 0.29) is 5.91 Å². The van der Waals surface area contributed by atoms with Gasteiger partial charge in [0.2, 0.25) is 0 Å². The molecule has 104 valence electrons. The highest BCUT2D eigenvalue weighted by Gasteiger charge is 2.08. The van der Waals surface area contributed by atoms with Crippen LogP contribution < -0.4 is 10.1 Å². The molecule has 0 fully saturated rings. The summed E-state index contributed by atoms with van der Waals surface area (Å²) >= 11 is 11.7. The Labute approximate surface area is 127 Å². The molecular weight excluding hydrogens is 297 g/mol. The zero-order chi connectivity index (χ0) is 14.5. The molecular formula is C15H13Cl2NO2. The van der Waals surface area contributed by atoms with E-state index in [1.807, 2.05) is 6.92 Å². The van der Waals surface area contributed by atoms with Crippen LogP contribution in [0.1, 0.15) is 17.3 Å². The Bertz CT molecular complexity index is 612. The van der Waals surface area contributed by atoms with E-state index in [2.05, 4.69) is 5.32 Å². The first kappa shape index (κ1) is 14.7. The predicted molar refractivity (Wildman–Crippen MR) is 82.0 cm³/mol. The number of hydrogen-bond donors (Lipinski definition) is 1. The number of benzene rings is 2. The molecule has 5 heteroatoms. The molecule has 0 saturated carbocycles. The van der Waals surface area contributed by atoms with Gasteiger partial charge in [0.1, 0.15) is 5.75 Å². The quantitative estimate of drug-likeness (QED) is 0.893. The van der Waals surface area contributed by atoms with Gasteiger partial charge in [0.25, 0.3) is 5.91 Å². The molecule has 0 aliphatic heterocycles. The second-order valence-electron chi connectivity index (χ2n) is 4.04. The predicted octanol–water partition coefficient (Wildman–Crippen LogP) is 4.64. The van der Waals surface area contributed by atoms with E-state index in [9.17, 15) is 4.79 Å². The SMILES string of the molecule is CCOc1ccc(NC(=O)c2ccc(Cl)c(Cl)c2)cc1. The summed E-state index contributed by atoms with van der Waals surface area (Å²) < 4.78 is 5.33. The molecule has 1 amide bonds. The van der Waals surface area contributed by atoms with Crippen LogP contribution in [0.25, 0.3) is 0 Å². The number of anilines is 1. The van der Waals surface area contributed by atoms with Gasteiger partial charge >= 0.3 is 0 Å². The summed E-state index contributed by atoms with van der Waals surface area (Å²) in [6, 6.07) is 11.9. The Morgan fingerprint density at radius 1 is 1.10 bits per heavy atom. The van der Waals surface area contributed by atoms with Crippen molar-refractivity contribution in [2.75, 3.05) is 11.9 Å². The van der Waals surface area contributed by atoms with Crippen molar-refractivity contribution in [2.45, 2.75) is 6.92 Å². The lowest BCUT2D eigenvalue weighted by molar-refractivity contribution is 0.102. The van der Waals surface area contributed by atoms with Gasteiger partial charge in [-0.2, -0.15) is 0 Å². The summed E-state index contributed by atoms with van der Waals surface area (Å²) in [6.07, 6.45) is 0. The molecule has 0 unspecified atom stereocenters. The summed E-state index contributed by atoms with van der Waals surface area (Å²) in [7, 11) is 0. The maximum atomic E-state index is 12.0. The summed E-state index contributed by atoms with van der Waals surface area (Å²) in [5.74, 6) is 0.521. The molecule has 0 saturated heterocycles. The summed E-state index contributed by atoms with van der Waals surface area (Å²) in [5, 5.41) is 3.55. The van der Waals surface area contributed by atoms with Gasteiger partial charge in [-0.15, -0.1) is 0 Å². The number of hydrogen-bond acceptors (Lipinski definition) is 2. The topological polar surface area (TPSA) is 38.3 Å². The lowest BCUT2D eigenvalue weighted by atomic mass is 10.2. The molecule has 20 heavy (non-hydrogen) atoms. The van der Waals surface area contributed by atoms with Crippen molar-refractivity contribution in [3.05, 3.63) is 58.1 Å². The number of amides is 1. The maximum Gasteiger partial charge on any atom is 0.255 e. The van der Waals surface area contributed by atoms with Gasteiger partial charge in [0, 0.05) is 11.3 Å². The molecule has 0 spiro atoms. The van der Waals surface area contributed by atoms with E-state index < -0.39 is 0 Å². The van der Waals surface area contributed by atoms with Crippen LogP contribution in [0.3, 0.4) is 0 Å². The van der Waals surface area contributed by atoms with E-state index in [0.29, 0.717) is 27.9 Å². The lowest BCUT2D eigenvalue weighted by Crippen LogP contribution is -2.11. The van der Waals surface area contributed by atoms with Crippen molar-refractivity contribution in [1.82, 2.24) is 0 Å². The van der Waals surface area contributed by atoms with Crippen LogP contribution >= 0.6 is 23.2 Å². The largest absolute Gasteiger partial charge is 0.494 e. The van der Waals surface area contributed by atoms with Gasteiger partial charge in [0.15, 0.2) is 0 Å². The van der Waals surface area contributed by atoms with E-state index in [4.69, 9.17) is 27.9 Å². The molecule has 0 radical (unpaired) electrons. The van der Waals surface area contributed by atoms with Gasteiger partial charge < -0.3 is 10.1 Å². The minimum absolute atomic E-state index is 0.243. The van der Waals surface area contributed by atoms with Crippen LogP contribution in [0, 0.1) is 0 Å². The molecule has 3 nitrogen and oxygen atoms in total. The zero-order valence-corrected chi connectivity index (χ0v) is 12.3. The molecule has 0 aliphatic carbocycles. The second kappa shape index (κ2) is 6.64.